The number of amidine groups is 1. The van der Waals surface area contributed by atoms with Crippen molar-refractivity contribution < 1.29 is 22.8 Å². The summed E-state index contributed by atoms with van der Waals surface area (Å²) < 4.78 is 38.6. The third-order valence-corrected chi connectivity index (χ3v) is 4.49. The molecule has 3 rings (SSSR count). The molecular formula is C20H19F3N6O2. The number of aliphatic imine (C=N–C) groups is 1. The number of rotatable bonds is 4. The molecular weight excluding hydrogens is 413 g/mol. The van der Waals surface area contributed by atoms with E-state index in [4.69, 9.17) is 5.73 Å². The molecule has 1 saturated heterocycles. The van der Waals surface area contributed by atoms with Crippen LogP contribution in [0.5, 0.6) is 0 Å². The number of nitrogens with zero attached hydrogens (tertiary/aromatic N) is 4. The highest BCUT2D eigenvalue weighted by Gasteiger charge is 2.37. The van der Waals surface area contributed by atoms with Gasteiger partial charge in [-0.2, -0.15) is 13.2 Å². The molecule has 0 radical (unpaired) electrons. The molecule has 1 atom stereocenters. The van der Waals surface area contributed by atoms with E-state index < -0.39 is 35.6 Å². The minimum atomic E-state index is -4.73. The second-order valence-electron chi connectivity index (χ2n) is 6.54. The number of carbonyl (C=O) groups is 2. The Morgan fingerprint density at radius 1 is 1.32 bits per heavy atom. The minimum absolute atomic E-state index is 0.0161. The zero-order chi connectivity index (χ0) is 22.6. The Kier molecular flexibility index (Phi) is 6.33. The molecule has 3 N–H and O–H groups in total. The Morgan fingerprint density at radius 3 is 2.65 bits per heavy atom. The third kappa shape index (κ3) is 4.87. The normalized spacial score (nSPS) is 19.7. The van der Waals surface area contributed by atoms with Crippen molar-refractivity contribution in [1.82, 2.24) is 20.2 Å². The van der Waals surface area contributed by atoms with E-state index >= 15 is 0 Å². The second kappa shape index (κ2) is 8.94. The lowest BCUT2D eigenvalue weighted by Gasteiger charge is -2.34. The van der Waals surface area contributed by atoms with E-state index in [-0.39, 0.29) is 13.0 Å². The van der Waals surface area contributed by atoms with Gasteiger partial charge in [-0.15, -0.1) is 0 Å². The van der Waals surface area contributed by atoms with E-state index in [1.165, 1.54) is 11.1 Å². The average molecular weight is 432 g/mol. The highest BCUT2D eigenvalue weighted by Crippen LogP contribution is 2.27. The number of halogens is 3. The van der Waals surface area contributed by atoms with Crippen LogP contribution in [0.2, 0.25) is 0 Å². The molecule has 0 bridgehead atoms. The van der Waals surface area contributed by atoms with Crippen LogP contribution in [0.3, 0.4) is 0 Å². The molecule has 1 aliphatic rings. The zero-order valence-corrected chi connectivity index (χ0v) is 16.4. The maximum atomic E-state index is 13.0. The van der Waals surface area contributed by atoms with Crippen molar-refractivity contribution in [3.63, 3.8) is 0 Å². The molecule has 1 fully saturated rings. The molecule has 0 saturated carbocycles. The number of nitrogens with one attached hydrogen (secondary N) is 1. The quantitative estimate of drug-likeness (QED) is 0.770. The summed E-state index contributed by atoms with van der Waals surface area (Å²) in [6, 6.07) is 8.54. The first-order valence-electron chi connectivity index (χ1n) is 9.32. The predicted molar refractivity (Wildman–Crippen MR) is 106 cm³/mol. The zero-order valence-electron chi connectivity index (χ0n) is 16.4. The van der Waals surface area contributed by atoms with Gasteiger partial charge in [0.05, 0.1) is 5.69 Å². The number of carbonyl (C=O) groups excluding carboxylic acids is 2. The van der Waals surface area contributed by atoms with Crippen LogP contribution in [0, 0.1) is 0 Å². The molecule has 1 unspecified atom stereocenters. The van der Waals surface area contributed by atoms with Crippen LogP contribution in [0.25, 0.3) is 0 Å². The largest absolute Gasteiger partial charge is 0.433 e. The van der Waals surface area contributed by atoms with E-state index in [1.54, 1.807) is 31.2 Å². The highest BCUT2D eigenvalue weighted by atomic mass is 19.4. The van der Waals surface area contributed by atoms with Crippen molar-refractivity contribution in [3.05, 3.63) is 65.9 Å². The maximum Gasteiger partial charge on any atom is 0.433 e. The van der Waals surface area contributed by atoms with Crippen LogP contribution in [-0.4, -0.2) is 45.1 Å². The number of para-hydroxylation sites is 1. The number of piperidine rings is 1. The number of alkyl halides is 3. The van der Waals surface area contributed by atoms with Crippen molar-refractivity contribution >= 4 is 23.3 Å². The fourth-order valence-electron chi connectivity index (χ4n) is 3.03. The molecule has 2 amide bonds. The van der Waals surface area contributed by atoms with Crippen molar-refractivity contribution in [2.24, 2.45) is 10.7 Å². The monoisotopic (exact) mass is 432 g/mol. The Labute approximate surface area is 175 Å². The fraction of sp³-hybridized carbons (Fsp3) is 0.250. The Hall–Kier alpha value is -3.76. The number of hydrogen-bond acceptors (Lipinski definition) is 6. The maximum absolute atomic E-state index is 13.0. The molecule has 8 nitrogen and oxygen atoms in total. The van der Waals surface area contributed by atoms with Crippen molar-refractivity contribution in [3.8, 4) is 0 Å². The molecule has 31 heavy (non-hydrogen) atoms. The van der Waals surface area contributed by atoms with Crippen molar-refractivity contribution in [1.29, 1.82) is 0 Å². The third-order valence-electron chi connectivity index (χ3n) is 4.49. The first-order valence-corrected chi connectivity index (χ1v) is 9.32. The van der Waals surface area contributed by atoms with Crippen LogP contribution in [0.4, 0.5) is 18.9 Å². The van der Waals surface area contributed by atoms with E-state index in [1.807, 2.05) is 6.07 Å². The lowest BCUT2D eigenvalue weighted by Crippen LogP contribution is -2.55. The summed E-state index contributed by atoms with van der Waals surface area (Å²) >= 11 is 0. The topological polar surface area (TPSA) is 114 Å². The lowest BCUT2D eigenvalue weighted by atomic mass is 9.98. The first-order chi connectivity index (χ1) is 14.7. The fourth-order valence-corrected chi connectivity index (χ4v) is 3.03. The van der Waals surface area contributed by atoms with Gasteiger partial charge in [0.1, 0.15) is 17.6 Å². The number of hydrogen-bond donors (Lipinski definition) is 2. The van der Waals surface area contributed by atoms with Crippen LogP contribution >= 0.6 is 0 Å². The number of nitrogens with two attached hydrogens (primary N) is 1. The van der Waals surface area contributed by atoms with Gasteiger partial charge in [-0.1, -0.05) is 18.2 Å². The van der Waals surface area contributed by atoms with Gasteiger partial charge in [-0.3, -0.25) is 14.5 Å². The molecule has 2 aromatic rings. The molecule has 1 aliphatic heterocycles. The molecule has 0 aliphatic carbocycles. The molecule has 1 aromatic carbocycles. The van der Waals surface area contributed by atoms with Crippen LogP contribution in [-0.2, 0) is 11.0 Å². The van der Waals surface area contributed by atoms with Crippen molar-refractivity contribution in [2.75, 3.05) is 6.54 Å². The number of benzene rings is 1. The summed E-state index contributed by atoms with van der Waals surface area (Å²) in [6.45, 7) is 1.97. The Morgan fingerprint density at radius 2 is 2.03 bits per heavy atom. The molecule has 1 aromatic heterocycles. The van der Waals surface area contributed by atoms with E-state index in [0.29, 0.717) is 23.2 Å². The SMILES string of the molecule is CCN1C(=O)C(NC(=O)c2nccc(C(F)(F)F)n2)C/C(=C/N)C1=Nc1ccccc1. The van der Waals surface area contributed by atoms with Gasteiger partial charge in [0.2, 0.25) is 5.82 Å². The molecule has 162 valence electrons. The number of amides is 2. The summed E-state index contributed by atoms with van der Waals surface area (Å²) in [7, 11) is 0. The van der Waals surface area contributed by atoms with Gasteiger partial charge in [0.25, 0.3) is 11.8 Å². The summed E-state index contributed by atoms with van der Waals surface area (Å²) in [5.41, 5.74) is 5.60. The molecule has 0 spiro atoms. The Bertz CT molecular complexity index is 1040. The second-order valence-corrected chi connectivity index (χ2v) is 6.54. The highest BCUT2D eigenvalue weighted by molar-refractivity contribution is 6.13. The predicted octanol–water partition coefficient (Wildman–Crippen LogP) is 2.42. The first kappa shape index (κ1) is 21.9. The van der Waals surface area contributed by atoms with E-state index in [2.05, 4.69) is 20.3 Å². The number of aromatic nitrogens is 2. The standard InChI is InChI=1S/C20H19F3N6O2/c1-2-29-17(26-13-6-4-3-5-7-13)12(11-24)10-14(19(29)31)27-18(30)16-25-9-8-15(28-16)20(21,22)23/h3-9,11,14H,2,10,24H2,1H3,(H,27,30)/b12-11-,26-17?. The van der Waals surface area contributed by atoms with Crippen LogP contribution in [0.1, 0.15) is 29.7 Å². The van der Waals surface area contributed by atoms with Gasteiger partial charge < -0.3 is 11.1 Å². The van der Waals surface area contributed by atoms with Gasteiger partial charge in [-0.25, -0.2) is 15.0 Å². The number of likely N-dealkylation sites (tertiary alicyclic amines) is 1. The van der Waals surface area contributed by atoms with Gasteiger partial charge in [-0.05, 0) is 25.1 Å². The number of likely N-dealkylation sites (N-methyl/N-ethyl adjacent to an activating group) is 1. The van der Waals surface area contributed by atoms with Crippen LogP contribution < -0.4 is 11.1 Å². The van der Waals surface area contributed by atoms with Gasteiger partial charge in [0.15, 0.2) is 0 Å². The van der Waals surface area contributed by atoms with Crippen molar-refractivity contribution in [2.45, 2.75) is 25.6 Å². The minimum Gasteiger partial charge on any atom is -0.404 e. The summed E-state index contributed by atoms with van der Waals surface area (Å²) in [5, 5.41) is 2.40. The summed E-state index contributed by atoms with van der Waals surface area (Å²) in [5.74, 6) is -1.81. The Balaban J connectivity index is 1.85. The van der Waals surface area contributed by atoms with Gasteiger partial charge in [0, 0.05) is 30.9 Å². The van der Waals surface area contributed by atoms with E-state index in [0.717, 1.165) is 6.20 Å². The van der Waals surface area contributed by atoms with Crippen LogP contribution in [0.15, 0.2) is 59.4 Å². The molecule has 2 heterocycles. The average Bonchev–Trinajstić information content (AvgIpc) is 2.76. The van der Waals surface area contributed by atoms with Gasteiger partial charge >= 0.3 is 6.18 Å². The van der Waals surface area contributed by atoms with E-state index in [9.17, 15) is 22.8 Å². The summed E-state index contributed by atoms with van der Waals surface area (Å²) in [4.78, 5) is 38.1. The smallest absolute Gasteiger partial charge is 0.404 e. The lowest BCUT2D eigenvalue weighted by molar-refractivity contribution is -0.141. The summed E-state index contributed by atoms with van der Waals surface area (Å²) in [6.07, 6.45) is -2.59. The molecule has 11 heteroatoms.